The van der Waals surface area contributed by atoms with Gasteiger partial charge in [-0.1, -0.05) is 23.7 Å². The first kappa shape index (κ1) is 16.8. The first-order chi connectivity index (χ1) is 11.0. The van der Waals surface area contributed by atoms with E-state index in [4.69, 9.17) is 11.6 Å². The summed E-state index contributed by atoms with van der Waals surface area (Å²) in [6.45, 7) is 1.62. The molecule has 23 heavy (non-hydrogen) atoms. The fraction of sp³-hybridized carbons (Fsp3) is 0.125. The maximum atomic E-state index is 13.1. The zero-order chi connectivity index (χ0) is 16.8. The summed E-state index contributed by atoms with van der Waals surface area (Å²) < 4.78 is 13.1. The van der Waals surface area contributed by atoms with Crippen LogP contribution in [0.15, 0.2) is 47.6 Å². The molecule has 0 saturated carbocycles. The van der Waals surface area contributed by atoms with Crippen molar-refractivity contribution in [2.45, 2.75) is 13.0 Å². The van der Waals surface area contributed by atoms with Gasteiger partial charge in [0, 0.05) is 11.3 Å². The van der Waals surface area contributed by atoms with E-state index in [1.165, 1.54) is 24.4 Å². The Morgan fingerprint density at radius 1 is 1.35 bits per heavy atom. The number of phenols is 1. The average molecular weight is 336 g/mol. The molecule has 0 aliphatic rings. The molecule has 2 aromatic rings. The first-order valence-electron chi connectivity index (χ1n) is 6.80. The summed E-state index contributed by atoms with van der Waals surface area (Å²) in [5.41, 5.74) is 3.20. The van der Waals surface area contributed by atoms with Crippen molar-refractivity contribution in [3.8, 4) is 5.75 Å². The molecule has 0 spiro atoms. The Labute approximate surface area is 137 Å². The molecule has 0 bridgehead atoms. The number of nitrogens with zero attached hydrogens (tertiary/aromatic N) is 1. The Bertz CT molecular complexity index is 737. The van der Waals surface area contributed by atoms with Gasteiger partial charge in [-0.15, -0.1) is 0 Å². The molecule has 1 amide bonds. The molecule has 120 valence electrons. The van der Waals surface area contributed by atoms with Crippen molar-refractivity contribution in [2.75, 3.05) is 5.32 Å². The number of para-hydroxylation sites is 1. The number of hydrogen-bond acceptors (Lipinski definition) is 4. The van der Waals surface area contributed by atoms with Crippen molar-refractivity contribution in [2.24, 2.45) is 5.10 Å². The molecule has 0 radical (unpaired) electrons. The minimum atomic E-state index is -0.623. The SMILES string of the molecule is CC(Nc1cccc(F)c1)C(=O)NN=Cc1cccc(Cl)c1O. The smallest absolute Gasteiger partial charge is 0.262 e. The molecule has 0 aliphatic heterocycles. The highest BCUT2D eigenvalue weighted by Gasteiger charge is 2.12. The zero-order valence-electron chi connectivity index (χ0n) is 12.3. The minimum Gasteiger partial charge on any atom is -0.506 e. The molecule has 3 N–H and O–H groups in total. The summed E-state index contributed by atoms with van der Waals surface area (Å²) in [6.07, 6.45) is 1.29. The van der Waals surface area contributed by atoms with Crippen molar-refractivity contribution in [3.63, 3.8) is 0 Å². The standard InChI is InChI=1S/C16H15ClFN3O2/c1-10(20-13-6-3-5-12(18)8-13)16(23)21-19-9-11-4-2-7-14(17)15(11)22/h2-10,20,22H,1H3,(H,21,23). The number of carbonyl (C=O) groups is 1. The normalized spacial score (nSPS) is 12.1. The molecule has 1 atom stereocenters. The van der Waals surface area contributed by atoms with Crippen LogP contribution in [0.1, 0.15) is 12.5 Å². The zero-order valence-corrected chi connectivity index (χ0v) is 13.0. The Kier molecular flexibility index (Phi) is 5.54. The Balaban J connectivity index is 1.93. The molecule has 2 aromatic carbocycles. The second kappa shape index (κ2) is 7.60. The number of phenolic OH excluding ortho intramolecular Hbond substituents is 1. The van der Waals surface area contributed by atoms with Gasteiger partial charge in [-0.3, -0.25) is 4.79 Å². The average Bonchev–Trinajstić information content (AvgIpc) is 2.51. The summed E-state index contributed by atoms with van der Waals surface area (Å²) in [5, 5.41) is 16.5. The topological polar surface area (TPSA) is 73.7 Å². The van der Waals surface area contributed by atoms with E-state index in [1.807, 2.05) is 0 Å². The molecule has 0 aliphatic carbocycles. The highest BCUT2D eigenvalue weighted by molar-refractivity contribution is 6.32. The van der Waals surface area contributed by atoms with E-state index in [1.54, 1.807) is 31.2 Å². The maximum absolute atomic E-state index is 13.1. The summed E-state index contributed by atoms with van der Waals surface area (Å²) in [6, 6.07) is 9.97. The first-order valence-corrected chi connectivity index (χ1v) is 7.17. The van der Waals surface area contributed by atoms with E-state index in [0.717, 1.165) is 0 Å². The highest BCUT2D eigenvalue weighted by Crippen LogP contribution is 2.25. The van der Waals surface area contributed by atoms with E-state index < -0.39 is 17.8 Å². The van der Waals surface area contributed by atoms with Crippen LogP contribution in [-0.2, 0) is 4.79 Å². The van der Waals surface area contributed by atoms with Crippen LogP contribution >= 0.6 is 11.6 Å². The lowest BCUT2D eigenvalue weighted by atomic mass is 10.2. The van der Waals surface area contributed by atoms with Crippen molar-refractivity contribution in [1.29, 1.82) is 0 Å². The van der Waals surface area contributed by atoms with Gasteiger partial charge in [0.2, 0.25) is 0 Å². The lowest BCUT2D eigenvalue weighted by Crippen LogP contribution is -2.34. The van der Waals surface area contributed by atoms with Crippen LogP contribution < -0.4 is 10.7 Å². The van der Waals surface area contributed by atoms with E-state index in [9.17, 15) is 14.3 Å². The number of halogens is 2. The number of amides is 1. The monoisotopic (exact) mass is 335 g/mol. The van der Waals surface area contributed by atoms with E-state index in [0.29, 0.717) is 11.3 Å². The van der Waals surface area contributed by atoms with Crippen LogP contribution in [0.5, 0.6) is 5.75 Å². The van der Waals surface area contributed by atoms with E-state index in [-0.39, 0.29) is 10.8 Å². The van der Waals surface area contributed by atoms with E-state index in [2.05, 4.69) is 15.8 Å². The van der Waals surface area contributed by atoms with Crippen molar-refractivity contribution in [3.05, 3.63) is 58.9 Å². The van der Waals surface area contributed by atoms with Gasteiger partial charge in [-0.05, 0) is 37.3 Å². The second-order valence-electron chi connectivity index (χ2n) is 4.79. The Hall–Kier alpha value is -2.60. The molecule has 2 rings (SSSR count). The molecule has 1 unspecified atom stereocenters. The summed E-state index contributed by atoms with van der Waals surface area (Å²) >= 11 is 5.77. The van der Waals surface area contributed by atoms with Gasteiger partial charge in [-0.25, -0.2) is 9.82 Å². The van der Waals surface area contributed by atoms with Gasteiger partial charge in [0.15, 0.2) is 0 Å². The van der Waals surface area contributed by atoms with Crippen molar-refractivity contribution >= 4 is 29.4 Å². The quantitative estimate of drug-likeness (QED) is 0.580. The number of anilines is 1. The minimum absolute atomic E-state index is 0.113. The van der Waals surface area contributed by atoms with Gasteiger partial charge in [-0.2, -0.15) is 5.10 Å². The molecule has 0 fully saturated rings. The predicted octanol–water partition coefficient (Wildman–Crippen LogP) is 3.14. The fourth-order valence-electron chi connectivity index (χ4n) is 1.79. The number of rotatable bonds is 5. The predicted molar refractivity (Wildman–Crippen MR) is 88.3 cm³/mol. The molecule has 0 aromatic heterocycles. The lowest BCUT2D eigenvalue weighted by Gasteiger charge is -2.13. The van der Waals surface area contributed by atoms with Crippen LogP contribution in [0, 0.1) is 5.82 Å². The van der Waals surface area contributed by atoms with Crippen LogP contribution in [0.4, 0.5) is 10.1 Å². The van der Waals surface area contributed by atoms with Crippen LogP contribution in [0.3, 0.4) is 0 Å². The molecule has 7 heteroatoms. The van der Waals surface area contributed by atoms with Gasteiger partial charge in [0.05, 0.1) is 11.2 Å². The van der Waals surface area contributed by atoms with Gasteiger partial charge >= 0.3 is 0 Å². The Morgan fingerprint density at radius 2 is 2.09 bits per heavy atom. The van der Waals surface area contributed by atoms with Crippen LogP contribution in [-0.4, -0.2) is 23.3 Å². The third-order valence-electron chi connectivity index (χ3n) is 3.00. The Morgan fingerprint density at radius 3 is 2.83 bits per heavy atom. The third-order valence-corrected chi connectivity index (χ3v) is 3.30. The summed E-state index contributed by atoms with van der Waals surface area (Å²) in [4.78, 5) is 11.9. The maximum Gasteiger partial charge on any atom is 0.262 e. The van der Waals surface area contributed by atoms with Crippen molar-refractivity contribution < 1.29 is 14.3 Å². The third kappa shape index (κ3) is 4.69. The number of benzene rings is 2. The molecule has 0 heterocycles. The number of hydrazone groups is 1. The lowest BCUT2D eigenvalue weighted by molar-refractivity contribution is -0.121. The number of nitrogens with one attached hydrogen (secondary N) is 2. The number of hydrogen-bond donors (Lipinski definition) is 3. The van der Waals surface area contributed by atoms with Crippen LogP contribution in [0.2, 0.25) is 5.02 Å². The fourth-order valence-corrected chi connectivity index (χ4v) is 1.97. The van der Waals surface area contributed by atoms with Gasteiger partial charge < -0.3 is 10.4 Å². The summed E-state index contributed by atoms with van der Waals surface area (Å²) in [7, 11) is 0. The van der Waals surface area contributed by atoms with E-state index >= 15 is 0 Å². The van der Waals surface area contributed by atoms with Gasteiger partial charge in [0.25, 0.3) is 5.91 Å². The largest absolute Gasteiger partial charge is 0.506 e. The van der Waals surface area contributed by atoms with Crippen LogP contribution in [0.25, 0.3) is 0 Å². The molecule has 0 saturated heterocycles. The molecule has 5 nitrogen and oxygen atoms in total. The number of aromatic hydroxyl groups is 1. The second-order valence-corrected chi connectivity index (χ2v) is 5.20. The molecular weight excluding hydrogens is 321 g/mol. The van der Waals surface area contributed by atoms with Gasteiger partial charge in [0.1, 0.15) is 17.6 Å². The highest BCUT2D eigenvalue weighted by atomic mass is 35.5. The van der Waals surface area contributed by atoms with Crippen molar-refractivity contribution in [1.82, 2.24) is 5.43 Å². The summed E-state index contributed by atoms with van der Waals surface area (Å²) in [5.74, 6) is -0.915. The molecular formula is C16H15ClFN3O2. The number of carbonyl (C=O) groups excluding carboxylic acids is 1.